The van der Waals surface area contributed by atoms with Gasteiger partial charge in [-0.2, -0.15) is 0 Å². The van der Waals surface area contributed by atoms with E-state index in [4.69, 9.17) is 0 Å². The van der Waals surface area contributed by atoms with Crippen molar-refractivity contribution in [3.63, 3.8) is 0 Å². The summed E-state index contributed by atoms with van der Waals surface area (Å²) in [6.45, 7) is 8.98. The van der Waals surface area contributed by atoms with Crippen LogP contribution in [0.5, 0.6) is 0 Å². The van der Waals surface area contributed by atoms with Gasteiger partial charge in [-0.25, -0.2) is 0 Å². The Hall–Kier alpha value is -1.38. The maximum atomic E-state index is 3.46. The average molecular weight is 297 g/mol. The van der Waals surface area contributed by atoms with E-state index in [9.17, 15) is 0 Å². The zero-order valence-electron chi connectivity index (χ0n) is 13.0. The summed E-state index contributed by atoms with van der Waals surface area (Å²) >= 11 is 1.89. The summed E-state index contributed by atoms with van der Waals surface area (Å²) in [6, 6.07) is 15.7. The molecule has 0 aliphatic heterocycles. The van der Waals surface area contributed by atoms with Crippen LogP contribution >= 0.6 is 11.3 Å². The van der Waals surface area contributed by atoms with Crippen LogP contribution in [0.3, 0.4) is 0 Å². The molecule has 1 N–H and O–H groups in total. The minimum atomic E-state index is 0.576. The molecule has 0 fully saturated rings. The molecule has 0 saturated carbocycles. The van der Waals surface area contributed by atoms with Crippen LogP contribution in [0, 0.1) is 5.92 Å². The van der Waals surface area contributed by atoms with Crippen LogP contribution in [-0.2, 0) is 0 Å². The molecule has 2 unspecified atom stereocenters. The molecule has 0 radical (unpaired) electrons. The lowest BCUT2D eigenvalue weighted by molar-refractivity contribution is 0.454. The molecule has 0 spiro atoms. The van der Waals surface area contributed by atoms with Crippen molar-refractivity contribution in [2.75, 3.05) is 13.1 Å². The summed E-state index contributed by atoms with van der Waals surface area (Å²) in [5.74, 6) is 1.22. The lowest BCUT2D eigenvalue weighted by atomic mass is 9.88. The van der Waals surface area contributed by atoms with Crippen molar-refractivity contribution in [1.82, 2.24) is 5.32 Å². The van der Waals surface area contributed by atoms with Gasteiger partial charge in [-0.05, 0) is 48.7 Å². The molecule has 3 rings (SSSR count). The standard InChI is InChI=1S/C19H23NS/c1-4-20-12-13(2)14(3)15-9-10-19-17(11-15)16-7-5-6-8-18(16)21-19/h5-11,13-14,20H,4,12H2,1-3H3. The van der Waals surface area contributed by atoms with E-state index >= 15 is 0 Å². The Morgan fingerprint density at radius 2 is 1.76 bits per heavy atom. The van der Waals surface area contributed by atoms with E-state index in [1.165, 1.54) is 25.7 Å². The molecule has 2 atom stereocenters. The van der Waals surface area contributed by atoms with E-state index in [1.807, 2.05) is 11.3 Å². The lowest BCUT2D eigenvalue weighted by Crippen LogP contribution is -2.24. The van der Waals surface area contributed by atoms with Crippen molar-refractivity contribution in [3.05, 3.63) is 48.0 Å². The van der Waals surface area contributed by atoms with Gasteiger partial charge in [0.25, 0.3) is 0 Å². The van der Waals surface area contributed by atoms with Gasteiger partial charge in [-0.1, -0.05) is 45.0 Å². The molecule has 1 heterocycles. The summed E-state index contributed by atoms with van der Waals surface area (Å²) in [5.41, 5.74) is 1.46. The molecule has 110 valence electrons. The van der Waals surface area contributed by atoms with E-state index in [2.05, 4.69) is 68.6 Å². The molecule has 0 saturated heterocycles. The highest BCUT2D eigenvalue weighted by molar-refractivity contribution is 7.25. The maximum Gasteiger partial charge on any atom is 0.0355 e. The molecule has 3 aromatic rings. The number of hydrogen-bond donors (Lipinski definition) is 1. The lowest BCUT2D eigenvalue weighted by Gasteiger charge is -2.20. The summed E-state index contributed by atoms with van der Waals surface area (Å²) < 4.78 is 2.78. The van der Waals surface area contributed by atoms with Crippen LogP contribution in [0.15, 0.2) is 42.5 Å². The van der Waals surface area contributed by atoms with Gasteiger partial charge in [-0.15, -0.1) is 11.3 Å². The Morgan fingerprint density at radius 1 is 1.00 bits per heavy atom. The number of benzene rings is 2. The zero-order valence-corrected chi connectivity index (χ0v) is 13.8. The highest BCUT2D eigenvalue weighted by Crippen LogP contribution is 2.36. The first-order valence-electron chi connectivity index (χ1n) is 7.82. The van der Waals surface area contributed by atoms with Crippen molar-refractivity contribution < 1.29 is 0 Å². The second-order valence-corrected chi connectivity index (χ2v) is 7.01. The molecule has 1 nitrogen and oxygen atoms in total. The van der Waals surface area contributed by atoms with Gasteiger partial charge in [0.05, 0.1) is 0 Å². The second-order valence-electron chi connectivity index (χ2n) is 5.93. The Morgan fingerprint density at radius 3 is 2.57 bits per heavy atom. The van der Waals surface area contributed by atoms with E-state index in [0.29, 0.717) is 11.8 Å². The Bertz CT molecular complexity index is 743. The third kappa shape index (κ3) is 2.83. The maximum absolute atomic E-state index is 3.46. The average Bonchev–Trinajstić information content (AvgIpc) is 2.89. The largest absolute Gasteiger partial charge is 0.317 e. The number of fused-ring (bicyclic) bond motifs is 3. The Kier molecular flexibility index (Phi) is 4.27. The van der Waals surface area contributed by atoms with Crippen LogP contribution in [0.4, 0.5) is 0 Å². The van der Waals surface area contributed by atoms with Crippen LogP contribution in [-0.4, -0.2) is 13.1 Å². The smallest absolute Gasteiger partial charge is 0.0355 e. The predicted molar refractivity (Wildman–Crippen MR) is 95.5 cm³/mol. The van der Waals surface area contributed by atoms with E-state index < -0.39 is 0 Å². The topological polar surface area (TPSA) is 12.0 Å². The van der Waals surface area contributed by atoms with Crippen LogP contribution < -0.4 is 5.32 Å². The summed E-state index contributed by atoms with van der Waals surface area (Å²) in [6.07, 6.45) is 0. The monoisotopic (exact) mass is 297 g/mol. The molecular formula is C19H23NS. The predicted octanol–water partition coefficient (Wildman–Crippen LogP) is 5.40. The van der Waals surface area contributed by atoms with Crippen LogP contribution in [0.2, 0.25) is 0 Å². The fourth-order valence-electron chi connectivity index (χ4n) is 2.90. The molecule has 0 aliphatic carbocycles. The minimum absolute atomic E-state index is 0.576. The molecule has 0 amide bonds. The number of thiophene rings is 1. The Balaban J connectivity index is 1.98. The number of hydrogen-bond acceptors (Lipinski definition) is 2. The SMILES string of the molecule is CCNCC(C)C(C)c1ccc2sc3ccccc3c2c1. The van der Waals surface area contributed by atoms with Gasteiger partial charge in [0.2, 0.25) is 0 Å². The fraction of sp³-hybridized carbons (Fsp3) is 0.368. The minimum Gasteiger partial charge on any atom is -0.317 e. The summed E-state index contributed by atoms with van der Waals surface area (Å²) in [4.78, 5) is 0. The quantitative estimate of drug-likeness (QED) is 0.664. The first-order valence-corrected chi connectivity index (χ1v) is 8.64. The molecule has 0 aliphatic rings. The normalized spacial score (nSPS) is 14.6. The van der Waals surface area contributed by atoms with Crippen molar-refractivity contribution in [3.8, 4) is 0 Å². The van der Waals surface area contributed by atoms with Crippen LogP contribution in [0.1, 0.15) is 32.3 Å². The number of nitrogens with one attached hydrogen (secondary N) is 1. The summed E-state index contributed by atoms with van der Waals surface area (Å²) in [7, 11) is 0. The van der Waals surface area contributed by atoms with Crippen molar-refractivity contribution in [2.45, 2.75) is 26.7 Å². The van der Waals surface area contributed by atoms with Crippen molar-refractivity contribution >= 4 is 31.5 Å². The van der Waals surface area contributed by atoms with E-state index in [-0.39, 0.29) is 0 Å². The van der Waals surface area contributed by atoms with Gasteiger partial charge in [0, 0.05) is 20.2 Å². The molecule has 21 heavy (non-hydrogen) atoms. The van der Waals surface area contributed by atoms with Gasteiger partial charge in [-0.3, -0.25) is 0 Å². The fourth-order valence-corrected chi connectivity index (χ4v) is 3.99. The Labute approximate surface area is 131 Å². The van der Waals surface area contributed by atoms with E-state index in [0.717, 1.165) is 13.1 Å². The van der Waals surface area contributed by atoms with Crippen molar-refractivity contribution in [2.24, 2.45) is 5.92 Å². The third-order valence-electron chi connectivity index (χ3n) is 4.50. The molecule has 2 heteroatoms. The van der Waals surface area contributed by atoms with Gasteiger partial charge >= 0.3 is 0 Å². The third-order valence-corrected chi connectivity index (χ3v) is 5.65. The molecule has 1 aromatic heterocycles. The molecular weight excluding hydrogens is 274 g/mol. The highest BCUT2D eigenvalue weighted by Gasteiger charge is 2.15. The zero-order chi connectivity index (χ0) is 14.8. The van der Waals surface area contributed by atoms with E-state index in [1.54, 1.807) is 0 Å². The van der Waals surface area contributed by atoms with Gasteiger partial charge in [0.1, 0.15) is 0 Å². The van der Waals surface area contributed by atoms with Gasteiger partial charge in [0.15, 0.2) is 0 Å². The first-order chi connectivity index (χ1) is 10.2. The number of rotatable bonds is 5. The molecule has 0 bridgehead atoms. The van der Waals surface area contributed by atoms with Crippen LogP contribution in [0.25, 0.3) is 20.2 Å². The first kappa shape index (κ1) is 14.6. The highest BCUT2D eigenvalue weighted by atomic mass is 32.1. The van der Waals surface area contributed by atoms with Gasteiger partial charge < -0.3 is 5.32 Å². The summed E-state index contributed by atoms with van der Waals surface area (Å²) in [5, 5.41) is 6.27. The second kappa shape index (κ2) is 6.17. The van der Waals surface area contributed by atoms with Crippen molar-refractivity contribution in [1.29, 1.82) is 0 Å². The molecule has 2 aromatic carbocycles.